The Bertz CT molecular complexity index is 414. The molecule has 1 atom stereocenters. The molecule has 0 saturated carbocycles. The van der Waals surface area contributed by atoms with Crippen LogP contribution in [0.3, 0.4) is 0 Å². The molecule has 1 rings (SSSR count). The molecular weight excluding hydrogens is 220 g/mol. The van der Waals surface area contributed by atoms with Gasteiger partial charge in [0.25, 0.3) is 5.91 Å². The number of likely N-dealkylation sites (N-methyl/N-ethyl adjacent to an activating group) is 1. The summed E-state index contributed by atoms with van der Waals surface area (Å²) in [6.45, 7) is 3.41. The van der Waals surface area contributed by atoms with Crippen molar-refractivity contribution >= 4 is 11.8 Å². The minimum atomic E-state index is -0.583. The molecule has 1 N–H and O–H groups in total. The maximum atomic E-state index is 11.7. The van der Waals surface area contributed by atoms with E-state index in [1.807, 2.05) is 0 Å². The summed E-state index contributed by atoms with van der Waals surface area (Å²) in [7, 11) is 3.27. The average molecular weight is 236 g/mol. The number of nitrogens with one attached hydrogen (secondary N) is 1. The van der Waals surface area contributed by atoms with Gasteiger partial charge in [-0.3, -0.25) is 14.6 Å². The van der Waals surface area contributed by atoms with Crippen LogP contribution in [0.15, 0.2) is 12.4 Å². The minimum Gasteiger partial charge on any atom is -0.347 e. The van der Waals surface area contributed by atoms with Crippen LogP contribution < -0.4 is 5.32 Å². The van der Waals surface area contributed by atoms with Gasteiger partial charge in [-0.1, -0.05) is 0 Å². The van der Waals surface area contributed by atoms with E-state index in [-0.39, 0.29) is 11.6 Å². The van der Waals surface area contributed by atoms with Crippen LogP contribution in [0.2, 0.25) is 0 Å². The first-order valence-electron chi connectivity index (χ1n) is 5.22. The maximum Gasteiger partial charge on any atom is 0.272 e. The van der Waals surface area contributed by atoms with Crippen LogP contribution in [0.5, 0.6) is 0 Å². The standard InChI is InChI=1S/C11H16N4O2/c1-7-5-13-9(6-12-7)10(16)14-8(2)11(17)15(3)4/h5-6,8H,1-4H3,(H,14,16). The van der Waals surface area contributed by atoms with Crippen LogP contribution in [0.25, 0.3) is 0 Å². The summed E-state index contributed by atoms with van der Waals surface area (Å²) in [5.74, 6) is -0.571. The molecule has 1 aromatic rings. The van der Waals surface area contributed by atoms with Gasteiger partial charge in [0.1, 0.15) is 11.7 Å². The van der Waals surface area contributed by atoms with Gasteiger partial charge in [0.2, 0.25) is 5.91 Å². The second kappa shape index (κ2) is 5.38. The highest BCUT2D eigenvalue weighted by atomic mass is 16.2. The van der Waals surface area contributed by atoms with E-state index in [0.29, 0.717) is 0 Å². The van der Waals surface area contributed by atoms with Crippen molar-refractivity contribution in [1.82, 2.24) is 20.2 Å². The Morgan fingerprint density at radius 3 is 2.41 bits per heavy atom. The molecule has 0 aliphatic heterocycles. The first-order chi connectivity index (χ1) is 7.91. The molecule has 92 valence electrons. The fourth-order valence-electron chi connectivity index (χ4n) is 1.23. The second-order valence-corrected chi connectivity index (χ2v) is 3.97. The molecule has 1 heterocycles. The van der Waals surface area contributed by atoms with Crippen LogP contribution in [0.1, 0.15) is 23.1 Å². The van der Waals surface area contributed by atoms with Crippen molar-refractivity contribution < 1.29 is 9.59 Å². The van der Waals surface area contributed by atoms with Crippen molar-refractivity contribution in [2.24, 2.45) is 0 Å². The van der Waals surface area contributed by atoms with Crippen LogP contribution >= 0.6 is 0 Å². The molecule has 0 bridgehead atoms. The number of carbonyl (C=O) groups is 2. The number of carbonyl (C=O) groups excluding carboxylic acids is 2. The molecule has 1 aromatic heterocycles. The van der Waals surface area contributed by atoms with Crippen molar-refractivity contribution in [2.45, 2.75) is 19.9 Å². The van der Waals surface area contributed by atoms with Crippen molar-refractivity contribution in [3.05, 3.63) is 23.8 Å². The Kier molecular flexibility index (Phi) is 4.14. The van der Waals surface area contributed by atoms with E-state index in [9.17, 15) is 9.59 Å². The van der Waals surface area contributed by atoms with Gasteiger partial charge in [0.05, 0.1) is 11.9 Å². The van der Waals surface area contributed by atoms with Gasteiger partial charge in [-0.15, -0.1) is 0 Å². The van der Waals surface area contributed by atoms with E-state index >= 15 is 0 Å². The number of aromatic nitrogens is 2. The van der Waals surface area contributed by atoms with Gasteiger partial charge in [0.15, 0.2) is 0 Å². The molecule has 2 amide bonds. The lowest BCUT2D eigenvalue weighted by Crippen LogP contribution is -2.44. The van der Waals surface area contributed by atoms with E-state index in [0.717, 1.165) is 5.69 Å². The summed E-state index contributed by atoms with van der Waals surface area (Å²) in [6, 6.07) is -0.583. The Morgan fingerprint density at radius 2 is 1.94 bits per heavy atom. The zero-order chi connectivity index (χ0) is 13.0. The Hall–Kier alpha value is -1.98. The number of nitrogens with zero attached hydrogens (tertiary/aromatic N) is 3. The molecule has 0 radical (unpaired) electrons. The number of hydrogen-bond donors (Lipinski definition) is 1. The van der Waals surface area contributed by atoms with E-state index in [1.165, 1.54) is 17.3 Å². The fraction of sp³-hybridized carbons (Fsp3) is 0.455. The van der Waals surface area contributed by atoms with Gasteiger partial charge in [-0.25, -0.2) is 4.98 Å². The van der Waals surface area contributed by atoms with E-state index in [2.05, 4.69) is 15.3 Å². The Labute approximate surface area is 100 Å². The molecule has 0 aliphatic carbocycles. The highest BCUT2D eigenvalue weighted by Crippen LogP contribution is 1.96. The highest BCUT2D eigenvalue weighted by molar-refractivity contribution is 5.95. The quantitative estimate of drug-likeness (QED) is 0.801. The first kappa shape index (κ1) is 13.1. The number of aryl methyl sites for hydroxylation is 1. The summed E-state index contributed by atoms with van der Waals surface area (Å²) in [5, 5.41) is 2.56. The van der Waals surface area contributed by atoms with Crippen LogP contribution in [-0.4, -0.2) is 46.8 Å². The first-order valence-corrected chi connectivity index (χ1v) is 5.22. The predicted octanol–water partition coefficient (Wildman–Crippen LogP) is -0.00848. The Balaban J connectivity index is 2.66. The Morgan fingerprint density at radius 1 is 1.29 bits per heavy atom. The average Bonchev–Trinajstić information content (AvgIpc) is 2.28. The van der Waals surface area contributed by atoms with Crippen LogP contribution in [0.4, 0.5) is 0 Å². The normalized spacial score (nSPS) is 11.8. The topological polar surface area (TPSA) is 75.2 Å². The summed E-state index contributed by atoms with van der Waals surface area (Å²) in [4.78, 5) is 32.6. The maximum absolute atomic E-state index is 11.7. The lowest BCUT2D eigenvalue weighted by atomic mass is 10.3. The largest absolute Gasteiger partial charge is 0.347 e. The lowest BCUT2D eigenvalue weighted by molar-refractivity contribution is -0.130. The lowest BCUT2D eigenvalue weighted by Gasteiger charge is -2.17. The zero-order valence-corrected chi connectivity index (χ0v) is 10.4. The van der Waals surface area contributed by atoms with Crippen LogP contribution in [0, 0.1) is 6.92 Å². The van der Waals surface area contributed by atoms with Gasteiger partial charge < -0.3 is 10.2 Å². The summed E-state index contributed by atoms with van der Waals surface area (Å²) in [6.07, 6.45) is 2.89. The molecule has 0 aromatic carbocycles. The van der Waals surface area contributed by atoms with Crippen molar-refractivity contribution in [3.63, 3.8) is 0 Å². The SMILES string of the molecule is Cc1cnc(C(=O)NC(C)C(=O)N(C)C)cn1. The highest BCUT2D eigenvalue weighted by Gasteiger charge is 2.18. The molecule has 0 saturated heterocycles. The monoisotopic (exact) mass is 236 g/mol. The minimum absolute atomic E-state index is 0.168. The van der Waals surface area contributed by atoms with Crippen molar-refractivity contribution in [3.8, 4) is 0 Å². The molecule has 17 heavy (non-hydrogen) atoms. The summed E-state index contributed by atoms with van der Waals surface area (Å²) >= 11 is 0. The van der Waals surface area contributed by atoms with Gasteiger partial charge in [-0.2, -0.15) is 0 Å². The van der Waals surface area contributed by atoms with E-state index in [4.69, 9.17) is 0 Å². The van der Waals surface area contributed by atoms with Crippen molar-refractivity contribution in [2.75, 3.05) is 14.1 Å². The third-order valence-electron chi connectivity index (χ3n) is 2.17. The number of amides is 2. The van der Waals surface area contributed by atoms with Gasteiger partial charge in [-0.05, 0) is 13.8 Å². The third kappa shape index (κ3) is 3.51. The van der Waals surface area contributed by atoms with Gasteiger partial charge in [0, 0.05) is 20.3 Å². The molecular formula is C11H16N4O2. The zero-order valence-electron chi connectivity index (χ0n) is 10.4. The fourth-order valence-corrected chi connectivity index (χ4v) is 1.23. The number of rotatable bonds is 3. The molecule has 6 heteroatoms. The summed E-state index contributed by atoms with van der Waals surface area (Å²) in [5.41, 5.74) is 0.938. The molecule has 0 aliphatic rings. The smallest absolute Gasteiger partial charge is 0.272 e. The molecule has 0 spiro atoms. The summed E-state index contributed by atoms with van der Waals surface area (Å²) < 4.78 is 0. The molecule has 0 fully saturated rings. The number of hydrogen-bond acceptors (Lipinski definition) is 4. The third-order valence-corrected chi connectivity index (χ3v) is 2.17. The van der Waals surface area contributed by atoms with Crippen molar-refractivity contribution in [1.29, 1.82) is 0 Å². The molecule has 6 nitrogen and oxygen atoms in total. The van der Waals surface area contributed by atoms with Crippen LogP contribution in [-0.2, 0) is 4.79 Å². The van der Waals surface area contributed by atoms with E-state index in [1.54, 1.807) is 27.9 Å². The molecule has 1 unspecified atom stereocenters. The van der Waals surface area contributed by atoms with E-state index < -0.39 is 11.9 Å². The second-order valence-electron chi connectivity index (χ2n) is 3.97. The predicted molar refractivity (Wildman–Crippen MR) is 62.4 cm³/mol. The van der Waals surface area contributed by atoms with Gasteiger partial charge >= 0.3 is 0 Å².